The second-order valence-corrected chi connectivity index (χ2v) is 7.34. The number of nitrogens with zero attached hydrogens (tertiary/aromatic N) is 2. The number of rotatable bonds is 7. The quantitative estimate of drug-likeness (QED) is 0.756. The normalized spacial score (nSPS) is 14.3. The minimum atomic E-state index is -0.317. The Labute approximate surface area is 177 Å². The molecule has 2 amide bonds. The van der Waals surface area contributed by atoms with Gasteiger partial charge in [-0.2, -0.15) is 0 Å². The molecule has 0 unspecified atom stereocenters. The van der Waals surface area contributed by atoms with Crippen LogP contribution in [0.1, 0.15) is 21.5 Å². The van der Waals surface area contributed by atoms with Gasteiger partial charge in [0, 0.05) is 38.3 Å². The predicted octanol–water partition coefficient (Wildman–Crippen LogP) is 2.09. The Hall–Kier alpha value is -3.06. The Morgan fingerprint density at radius 1 is 0.967 bits per heavy atom. The predicted molar refractivity (Wildman–Crippen MR) is 115 cm³/mol. The number of carbonyl (C=O) groups excluding carboxylic acids is 2. The van der Waals surface area contributed by atoms with Crippen molar-refractivity contribution in [2.45, 2.75) is 13.5 Å². The fourth-order valence-corrected chi connectivity index (χ4v) is 3.53. The zero-order valence-electron chi connectivity index (χ0n) is 17.8. The van der Waals surface area contributed by atoms with Crippen molar-refractivity contribution in [1.82, 2.24) is 15.1 Å². The molecule has 2 aromatic rings. The molecule has 1 aliphatic rings. The molecule has 1 N–H and O–H groups in total. The van der Waals surface area contributed by atoms with Crippen molar-refractivity contribution in [3.63, 3.8) is 0 Å². The molecular weight excluding hydrogens is 382 g/mol. The Bertz CT molecular complexity index is 892. The van der Waals surface area contributed by atoms with Gasteiger partial charge in [-0.25, -0.2) is 0 Å². The number of carbonyl (C=O) groups is 2. The van der Waals surface area contributed by atoms with Gasteiger partial charge in [-0.05, 0) is 36.2 Å². The van der Waals surface area contributed by atoms with Crippen LogP contribution < -0.4 is 14.8 Å². The summed E-state index contributed by atoms with van der Waals surface area (Å²) < 4.78 is 10.4. The number of benzene rings is 2. The van der Waals surface area contributed by atoms with Crippen LogP contribution in [0.15, 0.2) is 42.5 Å². The van der Waals surface area contributed by atoms with Crippen molar-refractivity contribution < 1.29 is 19.1 Å². The van der Waals surface area contributed by atoms with Crippen LogP contribution in [0.2, 0.25) is 0 Å². The lowest BCUT2D eigenvalue weighted by atomic mass is 10.1. The second kappa shape index (κ2) is 10.1. The molecule has 1 heterocycles. The molecule has 2 aromatic carbocycles. The maximum absolute atomic E-state index is 12.5. The van der Waals surface area contributed by atoms with Crippen molar-refractivity contribution in [3.8, 4) is 11.5 Å². The number of hydrogen-bond donors (Lipinski definition) is 1. The van der Waals surface area contributed by atoms with Crippen molar-refractivity contribution in [2.24, 2.45) is 0 Å². The molecule has 0 bridgehead atoms. The lowest BCUT2D eigenvalue weighted by Crippen LogP contribution is -2.50. The summed E-state index contributed by atoms with van der Waals surface area (Å²) in [5.74, 6) is 0.636. The summed E-state index contributed by atoms with van der Waals surface area (Å²) in [7, 11) is 3.05. The fraction of sp³-hybridized carbons (Fsp3) is 0.391. The SMILES string of the molecule is COc1ccc(C(=O)NCC(=O)N2CCN(Cc3ccccc3C)CC2)cc1OC. The number of piperazine rings is 1. The Balaban J connectivity index is 1.47. The number of hydrogen-bond acceptors (Lipinski definition) is 5. The zero-order valence-corrected chi connectivity index (χ0v) is 17.8. The third kappa shape index (κ3) is 5.30. The van der Waals surface area contributed by atoms with Crippen LogP contribution in [-0.4, -0.2) is 68.6 Å². The van der Waals surface area contributed by atoms with Crippen LogP contribution in [0.4, 0.5) is 0 Å². The average Bonchev–Trinajstić information content (AvgIpc) is 2.78. The first-order valence-corrected chi connectivity index (χ1v) is 10.1. The van der Waals surface area contributed by atoms with E-state index in [9.17, 15) is 9.59 Å². The summed E-state index contributed by atoms with van der Waals surface area (Å²) in [6, 6.07) is 13.3. The van der Waals surface area contributed by atoms with Crippen molar-refractivity contribution >= 4 is 11.8 Å². The van der Waals surface area contributed by atoms with Gasteiger partial charge in [0.15, 0.2) is 11.5 Å². The lowest BCUT2D eigenvalue weighted by Gasteiger charge is -2.35. The number of methoxy groups -OCH3 is 2. The third-order valence-electron chi connectivity index (χ3n) is 5.43. The fourth-order valence-electron chi connectivity index (χ4n) is 3.53. The van der Waals surface area contributed by atoms with Gasteiger partial charge >= 0.3 is 0 Å². The van der Waals surface area contributed by atoms with Crippen LogP contribution >= 0.6 is 0 Å². The van der Waals surface area contributed by atoms with E-state index in [0.29, 0.717) is 30.2 Å². The lowest BCUT2D eigenvalue weighted by molar-refractivity contribution is -0.131. The van der Waals surface area contributed by atoms with E-state index in [1.807, 2.05) is 11.0 Å². The molecule has 0 aliphatic carbocycles. The number of ether oxygens (including phenoxy) is 2. The maximum Gasteiger partial charge on any atom is 0.251 e. The molecule has 1 saturated heterocycles. The van der Waals surface area contributed by atoms with Crippen LogP contribution in [0.3, 0.4) is 0 Å². The Kier molecular flexibility index (Phi) is 7.30. The Morgan fingerprint density at radius 2 is 1.67 bits per heavy atom. The number of amides is 2. The third-order valence-corrected chi connectivity index (χ3v) is 5.43. The summed E-state index contributed by atoms with van der Waals surface area (Å²) in [5.41, 5.74) is 3.02. The summed E-state index contributed by atoms with van der Waals surface area (Å²) in [6.07, 6.45) is 0. The van der Waals surface area contributed by atoms with Gasteiger partial charge < -0.3 is 19.7 Å². The zero-order chi connectivity index (χ0) is 21.5. The first-order chi connectivity index (χ1) is 14.5. The summed E-state index contributed by atoms with van der Waals surface area (Å²) >= 11 is 0. The number of aryl methyl sites for hydroxylation is 1. The highest BCUT2D eigenvalue weighted by atomic mass is 16.5. The van der Waals surface area contributed by atoms with Crippen molar-refractivity contribution in [1.29, 1.82) is 0 Å². The Morgan fingerprint density at radius 3 is 2.33 bits per heavy atom. The topological polar surface area (TPSA) is 71.1 Å². The first-order valence-electron chi connectivity index (χ1n) is 10.1. The van der Waals surface area contributed by atoms with Crippen LogP contribution in [-0.2, 0) is 11.3 Å². The minimum absolute atomic E-state index is 0.0228. The molecule has 0 saturated carbocycles. The van der Waals surface area contributed by atoms with Crippen LogP contribution in [0.5, 0.6) is 11.5 Å². The molecule has 0 radical (unpaired) electrons. The average molecular weight is 412 g/mol. The molecule has 7 nitrogen and oxygen atoms in total. The number of nitrogens with one attached hydrogen (secondary N) is 1. The second-order valence-electron chi connectivity index (χ2n) is 7.34. The molecule has 0 atom stereocenters. The highest BCUT2D eigenvalue weighted by Gasteiger charge is 2.22. The molecule has 7 heteroatoms. The van der Waals surface area contributed by atoms with Gasteiger partial charge in [0.1, 0.15) is 0 Å². The summed E-state index contributed by atoms with van der Waals surface area (Å²) in [4.78, 5) is 29.1. The highest BCUT2D eigenvalue weighted by molar-refractivity contribution is 5.97. The van der Waals surface area contributed by atoms with E-state index < -0.39 is 0 Å². The maximum atomic E-state index is 12.5. The minimum Gasteiger partial charge on any atom is -0.493 e. The molecule has 3 rings (SSSR count). The van der Waals surface area contributed by atoms with E-state index in [1.165, 1.54) is 25.3 Å². The van der Waals surface area contributed by atoms with E-state index in [4.69, 9.17) is 9.47 Å². The summed E-state index contributed by atoms with van der Waals surface area (Å²) in [5, 5.41) is 2.70. The molecule has 30 heavy (non-hydrogen) atoms. The van der Waals surface area contributed by atoms with Gasteiger partial charge in [0.05, 0.1) is 20.8 Å². The van der Waals surface area contributed by atoms with Crippen molar-refractivity contribution in [2.75, 3.05) is 46.9 Å². The largest absolute Gasteiger partial charge is 0.493 e. The first kappa shape index (κ1) is 21.6. The molecular formula is C23H29N3O4. The van der Waals surface area contributed by atoms with E-state index in [2.05, 4.69) is 35.3 Å². The van der Waals surface area contributed by atoms with Gasteiger partial charge in [0.25, 0.3) is 5.91 Å². The molecule has 1 aliphatic heterocycles. The monoisotopic (exact) mass is 411 g/mol. The van der Waals surface area contributed by atoms with Gasteiger partial charge in [-0.3, -0.25) is 14.5 Å². The van der Waals surface area contributed by atoms with Crippen LogP contribution in [0.25, 0.3) is 0 Å². The van der Waals surface area contributed by atoms with E-state index in [0.717, 1.165) is 19.6 Å². The van der Waals surface area contributed by atoms with Crippen LogP contribution in [0, 0.1) is 6.92 Å². The van der Waals surface area contributed by atoms with Gasteiger partial charge in [-0.15, -0.1) is 0 Å². The molecule has 1 fully saturated rings. The summed E-state index contributed by atoms with van der Waals surface area (Å²) in [6.45, 7) is 5.97. The standard InChI is InChI=1S/C23H29N3O4/c1-17-6-4-5-7-19(17)16-25-10-12-26(13-11-25)22(27)15-24-23(28)18-8-9-20(29-2)21(14-18)30-3/h4-9,14H,10-13,15-16H2,1-3H3,(H,24,28). The van der Waals surface area contributed by atoms with E-state index in [1.54, 1.807) is 18.2 Å². The van der Waals surface area contributed by atoms with E-state index in [-0.39, 0.29) is 18.4 Å². The smallest absolute Gasteiger partial charge is 0.251 e. The molecule has 0 aromatic heterocycles. The van der Waals surface area contributed by atoms with Gasteiger partial charge in [-0.1, -0.05) is 24.3 Å². The van der Waals surface area contributed by atoms with Crippen molar-refractivity contribution in [3.05, 3.63) is 59.2 Å². The molecule has 0 spiro atoms. The van der Waals surface area contributed by atoms with E-state index >= 15 is 0 Å². The van der Waals surface area contributed by atoms with Gasteiger partial charge in [0.2, 0.25) is 5.91 Å². The highest BCUT2D eigenvalue weighted by Crippen LogP contribution is 2.27. The molecule has 160 valence electrons.